The van der Waals surface area contributed by atoms with E-state index in [4.69, 9.17) is 0 Å². The van der Waals surface area contributed by atoms with E-state index in [1.54, 1.807) is 4.68 Å². The van der Waals surface area contributed by atoms with Gasteiger partial charge in [-0.05, 0) is 55.0 Å². The van der Waals surface area contributed by atoms with Crippen molar-refractivity contribution in [3.63, 3.8) is 0 Å². The summed E-state index contributed by atoms with van der Waals surface area (Å²) >= 11 is 6.84. The maximum atomic E-state index is 12.8. The number of carbonyl (C=O) groups excluding carboxylic acids is 1. The minimum atomic E-state index is -0.363. The fourth-order valence-corrected chi connectivity index (χ4v) is 3.41. The maximum absolute atomic E-state index is 12.8. The number of carbonyl (C=O) groups is 1. The Labute approximate surface area is 185 Å². The van der Waals surface area contributed by atoms with Gasteiger partial charge in [-0.15, -0.1) is 5.10 Å². The smallest absolute Gasteiger partial charge is 0.295 e. The predicted octanol–water partition coefficient (Wildman–Crippen LogP) is 6.02. The van der Waals surface area contributed by atoms with Crippen LogP contribution in [0.5, 0.6) is 0 Å². The second-order valence-corrected chi connectivity index (χ2v) is 8.26. The fourth-order valence-electron chi connectivity index (χ4n) is 2.88. The molecule has 0 aliphatic rings. The van der Waals surface area contributed by atoms with E-state index in [2.05, 4.69) is 47.3 Å². The highest BCUT2D eigenvalue weighted by Crippen LogP contribution is 2.25. The topological polar surface area (TPSA) is 59.8 Å². The van der Waals surface area contributed by atoms with Crippen LogP contribution in [0.1, 0.15) is 16.2 Å². The van der Waals surface area contributed by atoms with Crippen molar-refractivity contribution in [3.05, 3.63) is 93.1 Å². The van der Waals surface area contributed by atoms with E-state index in [0.29, 0.717) is 11.5 Å². The number of anilines is 1. The SMILES string of the molecule is Cc1ccccc1-n1nc(C(=O)Nc2ccc(Br)cc2)nc1-c1ccc(Br)cc1. The molecule has 1 aromatic heterocycles. The largest absolute Gasteiger partial charge is 0.319 e. The minimum absolute atomic E-state index is 0.106. The van der Waals surface area contributed by atoms with Gasteiger partial charge >= 0.3 is 0 Å². The van der Waals surface area contributed by atoms with Crippen molar-refractivity contribution in [1.82, 2.24) is 14.8 Å². The number of aryl methyl sites for hydroxylation is 1. The van der Waals surface area contributed by atoms with Gasteiger partial charge in [-0.1, -0.05) is 62.2 Å². The van der Waals surface area contributed by atoms with Gasteiger partial charge in [-0.3, -0.25) is 4.79 Å². The van der Waals surface area contributed by atoms with Crippen LogP contribution in [0.25, 0.3) is 17.1 Å². The second-order valence-electron chi connectivity index (χ2n) is 6.43. The summed E-state index contributed by atoms with van der Waals surface area (Å²) in [5.41, 5.74) is 3.46. The number of nitrogens with one attached hydrogen (secondary N) is 1. The average Bonchev–Trinajstić information content (AvgIpc) is 3.16. The molecule has 1 heterocycles. The number of nitrogens with zero attached hydrogens (tertiary/aromatic N) is 3. The number of halogens is 2. The van der Waals surface area contributed by atoms with Crippen LogP contribution in [0, 0.1) is 6.92 Å². The van der Waals surface area contributed by atoms with Crippen LogP contribution in [-0.2, 0) is 0 Å². The molecule has 1 N–H and O–H groups in total. The third kappa shape index (κ3) is 4.31. The summed E-state index contributed by atoms with van der Waals surface area (Å²) in [7, 11) is 0. The van der Waals surface area contributed by atoms with Crippen molar-refractivity contribution in [2.24, 2.45) is 0 Å². The lowest BCUT2D eigenvalue weighted by molar-refractivity contribution is 0.101. The first kappa shape index (κ1) is 19.5. The lowest BCUT2D eigenvalue weighted by Gasteiger charge is -2.08. The van der Waals surface area contributed by atoms with Gasteiger partial charge < -0.3 is 5.32 Å². The van der Waals surface area contributed by atoms with Crippen LogP contribution in [0.4, 0.5) is 5.69 Å². The normalized spacial score (nSPS) is 10.7. The number of amides is 1. The molecule has 7 heteroatoms. The number of benzene rings is 3. The van der Waals surface area contributed by atoms with Gasteiger partial charge in [0.2, 0.25) is 5.82 Å². The summed E-state index contributed by atoms with van der Waals surface area (Å²) in [5.74, 6) is 0.347. The van der Waals surface area contributed by atoms with Crippen molar-refractivity contribution < 1.29 is 4.79 Å². The Hall–Kier alpha value is -2.77. The van der Waals surface area contributed by atoms with Crippen molar-refractivity contribution in [2.75, 3.05) is 5.32 Å². The van der Waals surface area contributed by atoms with Gasteiger partial charge in [0.25, 0.3) is 5.91 Å². The summed E-state index contributed by atoms with van der Waals surface area (Å²) < 4.78 is 3.63. The Bertz CT molecular complexity index is 1170. The first-order valence-corrected chi connectivity index (χ1v) is 10.5. The van der Waals surface area contributed by atoms with Gasteiger partial charge in [0.15, 0.2) is 5.82 Å². The van der Waals surface area contributed by atoms with E-state index in [0.717, 1.165) is 25.8 Å². The lowest BCUT2D eigenvalue weighted by Crippen LogP contribution is -2.14. The number of aromatic nitrogens is 3. The Morgan fingerprint density at radius 3 is 2.17 bits per heavy atom. The van der Waals surface area contributed by atoms with Gasteiger partial charge in [-0.2, -0.15) is 0 Å². The average molecular weight is 512 g/mol. The molecule has 0 saturated heterocycles. The molecule has 0 spiro atoms. The summed E-state index contributed by atoms with van der Waals surface area (Å²) in [6, 6.07) is 23.0. The van der Waals surface area contributed by atoms with Gasteiger partial charge in [-0.25, -0.2) is 9.67 Å². The van der Waals surface area contributed by atoms with Crippen molar-refractivity contribution in [3.8, 4) is 17.1 Å². The van der Waals surface area contributed by atoms with Crippen molar-refractivity contribution in [1.29, 1.82) is 0 Å². The molecule has 4 aromatic rings. The Balaban J connectivity index is 1.76. The molecule has 3 aromatic carbocycles. The zero-order chi connectivity index (χ0) is 20.4. The Morgan fingerprint density at radius 2 is 1.52 bits per heavy atom. The number of hydrogen-bond acceptors (Lipinski definition) is 3. The lowest BCUT2D eigenvalue weighted by atomic mass is 10.2. The molecule has 0 aliphatic heterocycles. The Morgan fingerprint density at radius 1 is 0.897 bits per heavy atom. The quantitative estimate of drug-likeness (QED) is 0.364. The van der Waals surface area contributed by atoms with Crippen LogP contribution in [-0.4, -0.2) is 20.7 Å². The van der Waals surface area contributed by atoms with Crippen LogP contribution in [0.2, 0.25) is 0 Å². The zero-order valence-corrected chi connectivity index (χ0v) is 18.6. The maximum Gasteiger partial charge on any atom is 0.295 e. The molecule has 0 saturated carbocycles. The first-order valence-electron chi connectivity index (χ1n) is 8.87. The third-order valence-electron chi connectivity index (χ3n) is 4.36. The van der Waals surface area contributed by atoms with E-state index >= 15 is 0 Å². The monoisotopic (exact) mass is 510 g/mol. The molecule has 0 unspecified atom stereocenters. The fraction of sp³-hybridized carbons (Fsp3) is 0.0455. The van der Waals surface area contributed by atoms with E-state index in [1.807, 2.05) is 79.7 Å². The Kier molecular flexibility index (Phi) is 5.60. The molecule has 0 atom stereocenters. The molecular formula is C22H16Br2N4O. The standard InChI is InChI=1S/C22H16Br2N4O/c1-14-4-2-3-5-19(14)28-21(15-6-8-16(23)9-7-15)26-20(27-28)22(29)25-18-12-10-17(24)11-13-18/h2-13H,1H3,(H,25,29). The summed E-state index contributed by atoms with van der Waals surface area (Å²) in [5, 5.41) is 7.37. The zero-order valence-electron chi connectivity index (χ0n) is 15.4. The predicted molar refractivity (Wildman–Crippen MR) is 121 cm³/mol. The van der Waals surface area contributed by atoms with E-state index in [9.17, 15) is 4.79 Å². The number of rotatable bonds is 4. The molecule has 0 bridgehead atoms. The molecule has 1 amide bonds. The highest BCUT2D eigenvalue weighted by Gasteiger charge is 2.19. The molecule has 4 rings (SSSR count). The van der Waals surface area contributed by atoms with Crippen LogP contribution < -0.4 is 5.32 Å². The van der Waals surface area contributed by atoms with Gasteiger partial charge in [0, 0.05) is 20.2 Å². The first-order chi connectivity index (χ1) is 14.0. The van der Waals surface area contributed by atoms with E-state index in [-0.39, 0.29) is 11.7 Å². The molecule has 29 heavy (non-hydrogen) atoms. The highest BCUT2D eigenvalue weighted by molar-refractivity contribution is 9.10. The summed E-state index contributed by atoms with van der Waals surface area (Å²) in [4.78, 5) is 17.4. The van der Waals surface area contributed by atoms with E-state index in [1.165, 1.54) is 0 Å². The number of para-hydroxylation sites is 1. The molecular weight excluding hydrogens is 496 g/mol. The second kappa shape index (κ2) is 8.31. The van der Waals surface area contributed by atoms with E-state index < -0.39 is 0 Å². The number of hydrogen-bond donors (Lipinski definition) is 1. The minimum Gasteiger partial charge on any atom is -0.319 e. The van der Waals surface area contributed by atoms with Crippen molar-refractivity contribution >= 4 is 43.5 Å². The van der Waals surface area contributed by atoms with Crippen LogP contribution >= 0.6 is 31.9 Å². The van der Waals surface area contributed by atoms with Crippen molar-refractivity contribution in [2.45, 2.75) is 6.92 Å². The molecule has 0 aliphatic carbocycles. The third-order valence-corrected chi connectivity index (χ3v) is 5.42. The summed E-state index contributed by atoms with van der Waals surface area (Å²) in [6.45, 7) is 2.00. The molecule has 5 nitrogen and oxygen atoms in total. The van der Waals surface area contributed by atoms with Gasteiger partial charge in [0.05, 0.1) is 5.69 Å². The molecule has 144 valence electrons. The van der Waals surface area contributed by atoms with Gasteiger partial charge in [0.1, 0.15) is 0 Å². The van der Waals surface area contributed by atoms with Crippen LogP contribution in [0.3, 0.4) is 0 Å². The highest BCUT2D eigenvalue weighted by atomic mass is 79.9. The summed E-state index contributed by atoms with van der Waals surface area (Å²) in [6.07, 6.45) is 0. The molecule has 0 radical (unpaired) electrons. The molecule has 0 fully saturated rings. The van der Waals surface area contributed by atoms with Crippen LogP contribution in [0.15, 0.2) is 81.7 Å².